The maximum atomic E-state index is 12.0. The van der Waals surface area contributed by atoms with E-state index < -0.39 is 0 Å². The number of nitrogens with zero attached hydrogens (tertiary/aromatic N) is 1. The first-order chi connectivity index (χ1) is 10.6. The van der Waals surface area contributed by atoms with E-state index in [4.69, 9.17) is 0 Å². The lowest BCUT2D eigenvalue weighted by Crippen LogP contribution is -2.40. The maximum absolute atomic E-state index is 12.0. The molecule has 0 radical (unpaired) electrons. The number of H-pyrrole nitrogens is 1. The number of carbonyl (C=O) groups excluding carboxylic acids is 2. The zero-order valence-electron chi connectivity index (χ0n) is 12.8. The number of benzene rings is 1. The Hall–Kier alpha value is -2.30. The first-order valence-electron chi connectivity index (χ1n) is 7.74. The van der Waals surface area contributed by atoms with Crippen LogP contribution in [-0.4, -0.2) is 41.3 Å². The second kappa shape index (κ2) is 6.22. The van der Waals surface area contributed by atoms with Crippen molar-refractivity contribution < 1.29 is 9.59 Å². The number of hydrogen-bond acceptors (Lipinski definition) is 2. The van der Waals surface area contributed by atoms with Crippen LogP contribution >= 0.6 is 0 Å². The second-order valence-corrected chi connectivity index (χ2v) is 5.88. The van der Waals surface area contributed by atoms with Gasteiger partial charge in [0.15, 0.2) is 0 Å². The number of nitrogens with one attached hydrogen (secondary N) is 2. The number of likely N-dealkylation sites (tertiary alicyclic amines) is 1. The minimum Gasteiger partial charge on any atom is -0.361 e. The summed E-state index contributed by atoms with van der Waals surface area (Å²) in [5, 5.41) is 4.06. The second-order valence-electron chi connectivity index (χ2n) is 5.88. The van der Waals surface area contributed by atoms with Gasteiger partial charge < -0.3 is 15.2 Å². The summed E-state index contributed by atoms with van der Waals surface area (Å²) < 4.78 is 0. The third kappa shape index (κ3) is 2.98. The van der Waals surface area contributed by atoms with Gasteiger partial charge in [0.05, 0.1) is 0 Å². The Morgan fingerprint density at radius 1 is 1.41 bits per heavy atom. The smallest absolute Gasteiger partial charge is 0.244 e. The molecule has 1 unspecified atom stereocenters. The fraction of sp³-hybridized carbons (Fsp3) is 0.412. The van der Waals surface area contributed by atoms with Crippen molar-refractivity contribution in [3.8, 4) is 0 Å². The number of aromatic nitrogens is 1. The molecule has 116 valence electrons. The minimum atomic E-state index is -0.328. The molecule has 3 rings (SSSR count). The summed E-state index contributed by atoms with van der Waals surface area (Å²) in [5.41, 5.74) is 2.36. The highest BCUT2D eigenvalue weighted by Gasteiger charge is 2.29. The molecule has 1 aliphatic heterocycles. The van der Waals surface area contributed by atoms with Crippen LogP contribution in [0, 0.1) is 0 Å². The van der Waals surface area contributed by atoms with Gasteiger partial charge >= 0.3 is 0 Å². The van der Waals surface area contributed by atoms with Gasteiger partial charge in [-0.3, -0.25) is 9.59 Å². The summed E-state index contributed by atoms with van der Waals surface area (Å²) in [6.45, 7) is 0.721. The maximum Gasteiger partial charge on any atom is 0.244 e. The molecule has 0 saturated carbocycles. The zero-order chi connectivity index (χ0) is 15.5. The van der Waals surface area contributed by atoms with Gasteiger partial charge in [0.1, 0.15) is 6.04 Å². The van der Waals surface area contributed by atoms with E-state index >= 15 is 0 Å². The molecule has 1 aliphatic rings. The molecule has 1 aromatic heterocycles. The van der Waals surface area contributed by atoms with Crippen molar-refractivity contribution in [2.75, 3.05) is 13.6 Å². The summed E-state index contributed by atoms with van der Waals surface area (Å²) in [4.78, 5) is 28.6. The van der Waals surface area contributed by atoms with Crippen molar-refractivity contribution in [2.45, 2.75) is 31.7 Å². The van der Waals surface area contributed by atoms with Crippen molar-refractivity contribution in [1.29, 1.82) is 0 Å². The first-order valence-corrected chi connectivity index (χ1v) is 7.74. The van der Waals surface area contributed by atoms with E-state index in [0.717, 1.165) is 24.9 Å². The number of para-hydroxylation sites is 1. The van der Waals surface area contributed by atoms with Crippen molar-refractivity contribution >= 4 is 22.7 Å². The molecule has 1 saturated heterocycles. The summed E-state index contributed by atoms with van der Waals surface area (Å²) in [7, 11) is 1.77. The molecule has 2 N–H and O–H groups in total. The number of likely N-dealkylation sites (N-methyl/N-ethyl adjacent to an activating group) is 1. The number of hydrogen-bond donors (Lipinski definition) is 2. The number of fused-ring (bicyclic) bond motifs is 1. The van der Waals surface area contributed by atoms with Gasteiger partial charge in [-0.1, -0.05) is 18.2 Å². The van der Waals surface area contributed by atoms with Gasteiger partial charge in [0, 0.05) is 37.1 Å². The van der Waals surface area contributed by atoms with Crippen LogP contribution in [0.2, 0.25) is 0 Å². The Labute approximate surface area is 129 Å². The Kier molecular flexibility index (Phi) is 4.13. The van der Waals surface area contributed by atoms with E-state index in [1.165, 1.54) is 10.9 Å². The molecule has 0 spiro atoms. The lowest BCUT2D eigenvalue weighted by molar-refractivity contribution is -0.131. The van der Waals surface area contributed by atoms with E-state index in [1.54, 1.807) is 11.9 Å². The SMILES string of the molecule is CN1CCC(NC(=O)CCCc2c[nH]c3ccccc23)C1=O. The van der Waals surface area contributed by atoms with E-state index in [2.05, 4.69) is 16.4 Å². The van der Waals surface area contributed by atoms with Gasteiger partial charge in [-0.15, -0.1) is 0 Å². The molecule has 1 fully saturated rings. The van der Waals surface area contributed by atoms with Crippen LogP contribution in [0.1, 0.15) is 24.8 Å². The predicted octanol–water partition coefficient (Wildman–Crippen LogP) is 1.84. The topological polar surface area (TPSA) is 65.2 Å². The molecule has 0 bridgehead atoms. The van der Waals surface area contributed by atoms with Gasteiger partial charge in [0.2, 0.25) is 11.8 Å². The summed E-state index contributed by atoms with van der Waals surface area (Å²) in [6, 6.07) is 7.84. The number of aromatic amines is 1. The van der Waals surface area contributed by atoms with Crippen molar-refractivity contribution in [1.82, 2.24) is 15.2 Å². The molecule has 1 aromatic carbocycles. The molecular formula is C17H21N3O2. The fourth-order valence-electron chi connectivity index (χ4n) is 3.00. The van der Waals surface area contributed by atoms with Crippen LogP contribution in [0.25, 0.3) is 10.9 Å². The Morgan fingerprint density at radius 3 is 3.00 bits per heavy atom. The fourth-order valence-corrected chi connectivity index (χ4v) is 3.00. The van der Waals surface area contributed by atoms with Crippen LogP contribution in [0.15, 0.2) is 30.5 Å². The Morgan fingerprint density at radius 2 is 2.23 bits per heavy atom. The van der Waals surface area contributed by atoms with Crippen LogP contribution in [0.4, 0.5) is 0 Å². The molecule has 1 atom stereocenters. The van der Waals surface area contributed by atoms with Gasteiger partial charge in [0.25, 0.3) is 0 Å². The Bertz CT molecular complexity index is 692. The standard InChI is InChI=1S/C17H21N3O2/c1-20-10-9-15(17(20)22)19-16(21)8-4-5-12-11-18-14-7-3-2-6-13(12)14/h2-3,6-7,11,15,18H,4-5,8-10H2,1H3,(H,19,21). The molecule has 5 nitrogen and oxygen atoms in total. The summed E-state index contributed by atoms with van der Waals surface area (Å²) in [6.07, 6.45) is 4.81. The molecular weight excluding hydrogens is 278 g/mol. The number of aryl methyl sites for hydroxylation is 1. The number of amides is 2. The molecule has 2 aromatic rings. The third-order valence-electron chi connectivity index (χ3n) is 4.29. The molecule has 22 heavy (non-hydrogen) atoms. The van der Waals surface area contributed by atoms with Crippen molar-refractivity contribution in [2.24, 2.45) is 0 Å². The third-order valence-corrected chi connectivity index (χ3v) is 4.29. The van der Waals surface area contributed by atoms with Crippen molar-refractivity contribution in [3.05, 3.63) is 36.0 Å². The van der Waals surface area contributed by atoms with Crippen molar-refractivity contribution in [3.63, 3.8) is 0 Å². The molecule has 0 aliphatic carbocycles. The molecule has 2 heterocycles. The summed E-state index contributed by atoms with van der Waals surface area (Å²) in [5.74, 6) is -0.0153. The van der Waals surface area contributed by atoms with Crippen LogP contribution in [0.3, 0.4) is 0 Å². The van der Waals surface area contributed by atoms with E-state index in [-0.39, 0.29) is 17.9 Å². The first kappa shape index (κ1) is 14.6. The quantitative estimate of drug-likeness (QED) is 0.884. The number of rotatable bonds is 5. The average molecular weight is 299 g/mol. The highest BCUT2D eigenvalue weighted by Crippen LogP contribution is 2.19. The van der Waals surface area contributed by atoms with Gasteiger partial charge in [-0.05, 0) is 30.9 Å². The summed E-state index contributed by atoms with van der Waals surface area (Å²) >= 11 is 0. The lowest BCUT2D eigenvalue weighted by Gasteiger charge is -2.12. The molecule has 2 amide bonds. The lowest BCUT2D eigenvalue weighted by atomic mass is 10.1. The minimum absolute atomic E-state index is 0.0185. The van der Waals surface area contributed by atoms with E-state index in [9.17, 15) is 9.59 Å². The monoisotopic (exact) mass is 299 g/mol. The van der Waals surface area contributed by atoms with E-state index in [1.807, 2.05) is 24.4 Å². The highest BCUT2D eigenvalue weighted by molar-refractivity contribution is 5.89. The van der Waals surface area contributed by atoms with Gasteiger partial charge in [-0.2, -0.15) is 0 Å². The predicted molar refractivity (Wildman–Crippen MR) is 85.4 cm³/mol. The normalized spacial score (nSPS) is 18.1. The van der Waals surface area contributed by atoms with E-state index in [0.29, 0.717) is 12.8 Å². The highest BCUT2D eigenvalue weighted by atomic mass is 16.2. The van der Waals surface area contributed by atoms with Crippen LogP contribution in [-0.2, 0) is 16.0 Å². The average Bonchev–Trinajstić information content (AvgIpc) is 3.06. The molecule has 5 heteroatoms. The largest absolute Gasteiger partial charge is 0.361 e. The number of carbonyl (C=O) groups is 2. The van der Waals surface area contributed by atoms with Gasteiger partial charge in [-0.25, -0.2) is 0 Å². The van der Waals surface area contributed by atoms with Crippen LogP contribution < -0.4 is 5.32 Å². The zero-order valence-corrected chi connectivity index (χ0v) is 12.8. The Balaban J connectivity index is 1.49. The van der Waals surface area contributed by atoms with Crippen LogP contribution in [0.5, 0.6) is 0 Å².